The molecule has 1 heterocycles. The number of carbonyl (C=O) groups is 3. The first-order valence-electron chi connectivity index (χ1n) is 9.43. The van der Waals surface area contributed by atoms with Crippen LogP contribution >= 0.6 is 11.8 Å². The largest absolute Gasteiger partial charge is 0.344 e. The van der Waals surface area contributed by atoms with Crippen LogP contribution in [0.15, 0.2) is 30.3 Å². The first kappa shape index (κ1) is 21.4. The van der Waals surface area contributed by atoms with Crippen LogP contribution in [0.2, 0.25) is 0 Å². The third-order valence-electron chi connectivity index (χ3n) is 4.96. The number of amides is 2. The number of carbonyl (C=O) groups excluding carboxylic acids is 3. The Labute approximate surface area is 165 Å². The van der Waals surface area contributed by atoms with Crippen LogP contribution in [-0.2, 0) is 20.8 Å². The van der Waals surface area contributed by atoms with Gasteiger partial charge in [-0.05, 0) is 11.5 Å². The Balaban J connectivity index is 2.09. The van der Waals surface area contributed by atoms with Crippen molar-refractivity contribution < 1.29 is 14.4 Å². The van der Waals surface area contributed by atoms with Gasteiger partial charge < -0.3 is 16.4 Å². The zero-order valence-corrected chi connectivity index (χ0v) is 16.8. The Kier molecular flexibility index (Phi) is 8.31. The molecule has 4 atom stereocenters. The quantitative estimate of drug-likeness (QED) is 0.620. The lowest BCUT2D eigenvalue weighted by Crippen LogP contribution is -2.57. The van der Waals surface area contributed by atoms with Gasteiger partial charge in [-0.15, -0.1) is 0 Å². The molecule has 148 valence electrons. The molecule has 1 aliphatic heterocycles. The van der Waals surface area contributed by atoms with E-state index in [0.29, 0.717) is 18.6 Å². The zero-order valence-electron chi connectivity index (χ0n) is 15.9. The maximum absolute atomic E-state index is 12.8. The topological polar surface area (TPSA) is 101 Å². The third kappa shape index (κ3) is 6.36. The molecule has 0 bridgehead atoms. The van der Waals surface area contributed by atoms with Crippen molar-refractivity contribution in [1.82, 2.24) is 10.6 Å². The minimum atomic E-state index is -0.769. The molecule has 0 aromatic heterocycles. The Morgan fingerprint density at radius 3 is 2.59 bits per heavy atom. The van der Waals surface area contributed by atoms with E-state index in [9.17, 15) is 14.4 Å². The highest BCUT2D eigenvalue weighted by Gasteiger charge is 2.30. The molecule has 6 nitrogen and oxygen atoms in total. The summed E-state index contributed by atoms with van der Waals surface area (Å²) >= 11 is 1.65. The lowest BCUT2D eigenvalue weighted by molar-refractivity contribution is -0.132. The van der Waals surface area contributed by atoms with E-state index in [-0.39, 0.29) is 23.5 Å². The molecule has 0 saturated carbocycles. The average molecular weight is 392 g/mol. The van der Waals surface area contributed by atoms with Crippen LogP contribution in [0.5, 0.6) is 0 Å². The van der Waals surface area contributed by atoms with Crippen LogP contribution in [-0.4, -0.2) is 47.2 Å². The standard InChI is InChI=1S/C20H29N3O3S/c1-3-13(2)18(21)20(26)22-15(11-14-7-5-4-6-8-14)19(25)23-16-12-27-10-9-17(16)24/h4-8,13,15-16,18H,3,9-12,21H2,1-2H3,(H,22,26)(H,23,25)/t13-,15+,16-,18-/m1/s1. The van der Waals surface area contributed by atoms with Gasteiger partial charge in [-0.25, -0.2) is 0 Å². The van der Waals surface area contributed by atoms with Gasteiger partial charge in [-0.2, -0.15) is 11.8 Å². The highest BCUT2D eigenvalue weighted by Crippen LogP contribution is 2.15. The number of hydrogen-bond acceptors (Lipinski definition) is 5. The third-order valence-corrected chi connectivity index (χ3v) is 6.02. The number of nitrogens with one attached hydrogen (secondary N) is 2. The average Bonchev–Trinajstić information content (AvgIpc) is 2.68. The first-order chi connectivity index (χ1) is 12.9. The van der Waals surface area contributed by atoms with Crippen molar-refractivity contribution in [2.75, 3.05) is 11.5 Å². The van der Waals surface area contributed by atoms with Crippen LogP contribution in [0.1, 0.15) is 32.3 Å². The van der Waals surface area contributed by atoms with Gasteiger partial charge in [-0.1, -0.05) is 50.6 Å². The van der Waals surface area contributed by atoms with E-state index in [1.807, 2.05) is 44.2 Å². The minimum Gasteiger partial charge on any atom is -0.344 e. The van der Waals surface area contributed by atoms with Gasteiger partial charge in [0.25, 0.3) is 0 Å². The number of rotatable bonds is 8. The molecule has 2 amide bonds. The van der Waals surface area contributed by atoms with Crippen molar-refractivity contribution >= 4 is 29.4 Å². The van der Waals surface area contributed by atoms with E-state index in [1.165, 1.54) is 0 Å². The number of nitrogens with two attached hydrogens (primary N) is 1. The molecule has 1 saturated heterocycles. The summed E-state index contributed by atoms with van der Waals surface area (Å²) in [7, 11) is 0. The molecule has 0 spiro atoms. The first-order valence-corrected chi connectivity index (χ1v) is 10.6. The Bertz CT molecular complexity index is 653. The fourth-order valence-electron chi connectivity index (χ4n) is 2.87. The Morgan fingerprint density at radius 1 is 1.26 bits per heavy atom. The van der Waals surface area contributed by atoms with Crippen molar-refractivity contribution in [3.05, 3.63) is 35.9 Å². The van der Waals surface area contributed by atoms with Crippen LogP contribution in [0.4, 0.5) is 0 Å². The van der Waals surface area contributed by atoms with E-state index in [1.54, 1.807) is 11.8 Å². The lowest BCUT2D eigenvalue weighted by atomic mass is 9.98. The lowest BCUT2D eigenvalue weighted by Gasteiger charge is -2.26. The van der Waals surface area contributed by atoms with Gasteiger partial charge in [-0.3, -0.25) is 14.4 Å². The summed E-state index contributed by atoms with van der Waals surface area (Å²) in [5.74, 6) is 0.737. The molecule has 4 N–H and O–H groups in total. The maximum Gasteiger partial charge on any atom is 0.243 e. The van der Waals surface area contributed by atoms with Gasteiger partial charge in [0.1, 0.15) is 6.04 Å². The van der Waals surface area contributed by atoms with Crippen molar-refractivity contribution in [3.63, 3.8) is 0 Å². The molecule has 27 heavy (non-hydrogen) atoms. The van der Waals surface area contributed by atoms with Crippen LogP contribution in [0.25, 0.3) is 0 Å². The number of ketones is 1. The van der Waals surface area contributed by atoms with Crippen molar-refractivity contribution in [2.24, 2.45) is 11.7 Å². The van der Waals surface area contributed by atoms with Gasteiger partial charge in [0.2, 0.25) is 11.8 Å². The predicted molar refractivity (Wildman–Crippen MR) is 108 cm³/mol. The fraction of sp³-hybridized carbons (Fsp3) is 0.550. The van der Waals surface area contributed by atoms with E-state index in [0.717, 1.165) is 17.7 Å². The number of thioether (sulfide) groups is 1. The zero-order chi connectivity index (χ0) is 19.8. The van der Waals surface area contributed by atoms with Crippen molar-refractivity contribution in [2.45, 2.75) is 51.2 Å². The number of Topliss-reactive ketones (excluding diaryl/α,β-unsaturated/α-hetero) is 1. The van der Waals surface area contributed by atoms with Crippen LogP contribution in [0, 0.1) is 5.92 Å². The van der Waals surface area contributed by atoms with E-state index in [2.05, 4.69) is 10.6 Å². The summed E-state index contributed by atoms with van der Waals surface area (Å²) in [5, 5.41) is 5.60. The van der Waals surface area contributed by atoms with Crippen molar-refractivity contribution in [1.29, 1.82) is 0 Å². The molecule has 1 fully saturated rings. The predicted octanol–water partition coefficient (Wildman–Crippen LogP) is 1.28. The molecule has 0 aliphatic carbocycles. The highest BCUT2D eigenvalue weighted by atomic mass is 32.2. The summed E-state index contributed by atoms with van der Waals surface area (Å²) in [6.07, 6.45) is 1.59. The Hall–Kier alpha value is -1.86. The smallest absolute Gasteiger partial charge is 0.243 e. The fourth-order valence-corrected chi connectivity index (χ4v) is 3.89. The highest BCUT2D eigenvalue weighted by molar-refractivity contribution is 7.99. The summed E-state index contributed by atoms with van der Waals surface area (Å²) in [6, 6.07) is 7.55. The number of benzene rings is 1. The van der Waals surface area contributed by atoms with Crippen molar-refractivity contribution in [3.8, 4) is 0 Å². The van der Waals surface area contributed by atoms with Gasteiger partial charge >= 0.3 is 0 Å². The molecular formula is C20H29N3O3S. The molecule has 2 rings (SSSR count). The summed E-state index contributed by atoms with van der Waals surface area (Å²) in [5.41, 5.74) is 6.95. The van der Waals surface area contributed by atoms with Crippen LogP contribution in [0.3, 0.4) is 0 Å². The maximum atomic E-state index is 12.8. The second-order valence-electron chi connectivity index (χ2n) is 7.01. The molecule has 1 aromatic rings. The molecule has 7 heteroatoms. The second kappa shape index (κ2) is 10.5. The molecular weight excluding hydrogens is 362 g/mol. The number of hydrogen-bond donors (Lipinski definition) is 3. The van der Waals surface area contributed by atoms with Gasteiger partial charge in [0.15, 0.2) is 5.78 Å². The Morgan fingerprint density at radius 2 is 1.96 bits per heavy atom. The van der Waals surface area contributed by atoms with Crippen LogP contribution < -0.4 is 16.4 Å². The van der Waals surface area contributed by atoms with E-state index in [4.69, 9.17) is 5.73 Å². The summed E-state index contributed by atoms with van der Waals surface area (Å²) in [6.45, 7) is 3.88. The molecule has 1 aromatic carbocycles. The summed E-state index contributed by atoms with van der Waals surface area (Å²) < 4.78 is 0. The summed E-state index contributed by atoms with van der Waals surface area (Å²) in [4.78, 5) is 37.4. The molecule has 0 unspecified atom stereocenters. The normalized spacial score (nSPS) is 20.4. The second-order valence-corrected chi connectivity index (χ2v) is 8.16. The minimum absolute atomic E-state index is 0.0155. The molecule has 0 radical (unpaired) electrons. The van der Waals surface area contributed by atoms with Gasteiger partial charge in [0, 0.05) is 24.3 Å². The van der Waals surface area contributed by atoms with E-state index < -0.39 is 18.1 Å². The van der Waals surface area contributed by atoms with Gasteiger partial charge in [0.05, 0.1) is 12.1 Å². The van der Waals surface area contributed by atoms with E-state index >= 15 is 0 Å². The SMILES string of the molecule is CC[C@@H](C)[C@@H](N)C(=O)N[C@@H](Cc1ccccc1)C(=O)N[C@@H]1CSCCC1=O. The monoisotopic (exact) mass is 391 g/mol. The molecule has 1 aliphatic rings.